The van der Waals surface area contributed by atoms with E-state index in [1.54, 1.807) is 19.1 Å². The van der Waals surface area contributed by atoms with Gasteiger partial charge in [0.1, 0.15) is 5.69 Å². The molecule has 2 heterocycles. The summed E-state index contributed by atoms with van der Waals surface area (Å²) < 4.78 is 11.0. The van der Waals surface area contributed by atoms with Gasteiger partial charge in [0.05, 0.1) is 17.9 Å². The fourth-order valence-corrected chi connectivity index (χ4v) is 2.99. The summed E-state index contributed by atoms with van der Waals surface area (Å²) in [6.07, 6.45) is 3.53. The number of aliphatic imine (C=N–C) groups is 2. The van der Waals surface area contributed by atoms with Crippen LogP contribution in [0, 0.1) is 0 Å². The maximum atomic E-state index is 11.9. The van der Waals surface area contributed by atoms with Crippen LogP contribution < -0.4 is 4.74 Å². The van der Waals surface area contributed by atoms with Crippen molar-refractivity contribution in [3.8, 4) is 5.75 Å². The van der Waals surface area contributed by atoms with E-state index in [0.717, 1.165) is 35.4 Å². The SMILES string of the molecule is CCOC(=O)c1ccc(C2=Nc3ccccc3OC3=C2CCC=N3)cc1. The van der Waals surface area contributed by atoms with E-state index in [1.807, 2.05) is 42.6 Å². The van der Waals surface area contributed by atoms with E-state index >= 15 is 0 Å². The first-order valence-electron chi connectivity index (χ1n) is 8.65. The summed E-state index contributed by atoms with van der Waals surface area (Å²) in [4.78, 5) is 21.2. The number of allylic oxidation sites excluding steroid dienone is 1. The van der Waals surface area contributed by atoms with Gasteiger partial charge in [-0.3, -0.25) is 0 Å². The van der Waals surface area contributed by atoms with Gasteiger partial charge in [-0.2, -0.15) is 0 Å². The number of hydrogen-bond acceptors (Lipinski definition) is 5. The topological polar surface area (TPSA) is 60.2 Å². The highest BCUT2D eigenvalue weighted by atomic mass is 16.5. The lowest BCUT2D eigenvalue weighted by Gasteiger charge is -2.15. The van der Waals surface area contributed by atoms with Gasteiger partial charge in [-0.25, -0.2) is 14.8 Å². The summed E-state index contributed by atoms with van der Waals surface area (Å²) in [6, 6.07) is 15.0. The molecule has 0 N–H and O–H groups in total. The maximum Gasteiger partial charge on any atom is 0.338 e. The lowest BCUT2D eigenvalue weighted by molar-refractivity contribution is 0.0526. The van der Waals surface area contributed by atoms with Crippen LogP contribution in [0.3, 0.4) is 0 Å². The van der Waals surface area contributed by atoms with Crippen LogP contribution in [-0.4, -0.2) is 24.5 Å². The van der Waals surface area contributed by atoms with E-state index in [2.05, 4.69) is 4.99 Å². The van der Waals surface area contributed by atoms with Crippen molar-refractivity contribution in [2.24, 2.45) is 9.98 Å². The molecule has 26 heavy (non-hydrogen) atoms. The third-order valence-electron chi connectivity index (χ3n) is 4.25. The maximum absolute atomic E-state index is 11.9. The molecule has 5 heteroatoms. The highest BCUT2D eigenvalue weighted by molar-refractivity contribution is 6.15. The summed E-state index contributed by atoms with van der Waals surface area (Å²) in [7, 11) is 0. The van der Waals surface area contributed by atoms with Crippen LogP contribution in [0.4, 0.5) is 5.69 Å². The monoisotopic (exact) mass is 346 g/mol. The Morgan fingerprint density at radius 3 is 2.77 bits per heavy atom. The molecule has 0 saturated carbocycles. The number of rotatable bonds is 3. The van der Waals surface area contributed by atoms with Crippen molar-refractivity contribution in [1.29, 1.82) is 0 Å². The Labute approximate surface area is 151 Å². The van der Waals surface area contributed by atoms with Crippen molar-refractivity contribution >= 4 is 23.6 Å². The largest absolute Gasteiger partial charge is 0.462 e. The molecule has 2 aliphatic heterocycles. The fourth-order valence-electron chi connectivity index (χ4n) is 2.99. The molecule has 0 saturated heterocycles. The normalized spacial score (nSPS) is 15.3. The minimum atomic E-state index is -0.322. The summed E-state index contributed by atoms with van der Waals surface area (Å²) in [5, 5.41) is 0. The van der Waals surface area contributed by atoms with Crippen LogP contribution in [0.1, 0.15) is 35.7 Å². The standard InChI is InChI=1S/C21H18N2O3/c1-2-25-21(24)15-11-9-14(10-12-15)19-16-6-5-13-22-20(16)26-18-8-4-3-7-17(18)23-19/h3-4,7-13H,2,5-6H2,1H3. The Balaban J connectivity index is 1.79. The predicted octanol–water partition coefficient (Wildman–Crippen LogP) is 4.45. The number of nitrogens with zero attached hydrogens (tertiary/aromatic N) is 2. The zero-order valence-corrected chi connectivity index (χ0v) is 14.4. The Kier molecular flexibility index (Phi) is 4.35. The summed E-state index contributed by atoms with van der Waals surface area (Å²) >= 11 is 0. The predicted molar refractivity (Wildman–Crippen MR) is 100 cm³/mol. The van der Waals surface area contributed by atoms with Crippen molar-refractivity contribution in [3.63, 3.8) is 0 Å². The van der Waals surface area contributed by atoms with E-state index in [9.17, 15) is 4.79 Å². The van der Waals surface area contributed by atoms with Gasteiger partial charge in [-0.15, -0.1) is 0 Å². The van der Waals surface area contributed by atoms with Crippen LogP contribution >= 0.6 is 0 Å². The van der Waals surface area contributed by atoms with Crippen LogP contribution in [0.15, 0.2) is 70.0 Å². The molecule has 130 valence electrons. The minimum absolute atomic E-state index is 0.322. The molecule has 0 aromatic heterocycles. The lowest BCUT2D eigenvalue weighted by atomic mass is 9.97. The van der Waals surface area contributed by atoms with E-state index in [4.69, 9.17) is 14.5 Å². The third-order valence-corrected chi connectivity index (χ3v) is 4.25. The number of fused-ring (bicyclic) bond motifs is 1. The second-order valence-corrected chi connectivity index (χ2v) is 5.96. The van der Waals surface area contributed by atoms with Gasteiger partial charge in [-0.1, -0.05) is 24.3 Å². The fraction of sp³-hybridized carbons (Fsp3) is 0.190. The van der Waals surface area contributed by atoms with Gasteiger partial charge in [0.15, 0.2) is 5.75 Å². The average molecular weight is 346 g/mol. The molecule has 0 radical (unpaired) electrons. The van der Waals surface area contributed by atoms with Gasteiger partial charge < -0.3 is 9.47 Å². The Bertz CT molecular complexity index is 940. The Morgan fingerprint density at radius 2 is 1.96 bits per heavy atom. The van der Waals surface area contributed by atoms with Crippen LogP contribution in [0.25, 0.3) is 0 Å². The Morgan fingerprint density at radius 1 is 1.15 bits per heavy atom. The smallest absolute Gasteiger partial charge is 0.338 e. The molecular weight excluding hydrogens is 328 g/mol. The molecule has 2 aromatic carbocycles. The number of carbonyl (C=O) groups is 1. The first-order chi connectivity index (χ1) is 12.8. The third kappa shape index (κ3) is 3.04. The van der Waals surface area contributed by atoms with Crippen molar-refractivity contribution < 1.29 is 14.3 Å². The van der Waals surface area contributed by atoms with Crippen molar-refractivity contribution in [3.05, 3.63) is 71.1 Å². The Hall–Kier alpha value is -3.21. The van der Waals surface area contributed by atoms with Crippen LogP contribution in [0.5, 0.6) is 5.75 Å². The summed E-state index contributed by atoms with van der Waals surface area (Å²) in [5.74, 6) is 0.962. The van der Waals surface area contributed by atoms with E-state index < -0.39 is 0 Å². The molecule has 0 amide bonds. The van der Waals surface area contributed by atoms with E-state index in [1.165, 1.54) is 0 Å². The molecule has 0 bridgehead atoms. The van der Waals surface area contributed by atoms with Crippen LogP contribution in [-0.2, 0) is 4.74 Å². The molecule has 0 aliphatic carbocycles. The summed E-state index contributed by atoms with van der Waals surface area (Å²) in [6.45, 7) is 2.15. The molecule has 4 rings (SSSR count). The quantitative estimate of drug-likeness (QED) is 0.771. The summed E-state index contributed by atoms with van der Waals surface area (Å²) in [5.41, 5.74) is 4.02. The first-order valence-corrected chi connectivity index (χ1v) is 8.65. The highest BCUT2D eigenvalue weighted by Gasteiger charge is 2.23. The molecule has 0 fully saturated rings. The molecular formula is C21H18N2O3. The average Bonchev–Trinajstić information content (AvgIpc) is 2.85. The number of para-hydroxylation sites is 2. The van der Waals surface area contributed by atoms with Gasteiger partial charge in [0, 0.05) is 17.4 Å². The molecule has 0 spiro atoms. The zero-order chi connectivity index (χ0) is 17.9. The van der Waals surface area contributed by atoms with E-state index in [-0.39, 0.29) is 5.97 Å². The molecule has 5 nitrogen and oxygen atoms in total. The molecule has 0 atom stereocenters. The highest BCUT2D eigenvalue weighted by Crippen LogP contribution is 2.36. The second kappa shape index (κ2) is 6.96. The molecule has 2 aromatic rings. The lowest BCUT2D eigenvalue weighted by Crippen LogP contribution is -2.12. The van der Waals surface area contributed by atoms with Crippen molar-refractivity contribution in [1.82, 2.24) is 0 Å². The zero-order valence-electron chi connectivity index (χ0n) is 14.4. The number of esters is 1. The van der Waals surface area contributed by atoms with Crippen LogP contribution in [0.2, 0.25) is 0 Å². The van der Waals surface area contributed by atoms with E-state index in [0.29, 0.717) is 23.8 Å². The van der Waals surface area contributed by atoms with Crippen molar-refractivity contribution in [2.75, 3.05) is 6.61 Å². The number of carbonyl (C=O) groups excluding carboxylic acids is 1. The second-order valence-electron chi connectivity index (χ2n) is 5.96. The van der Waals surface area contributed by atoms with Gasteiger partial charge in [0.2, 0.25) is 5.88 Å². The first kappa shape index (κ1) is 16.3. The van der Waals surface area contributed by atoms with Gasteiger partial charge in [-0.05, 0) is 44.0 Å². The number of ether oxygens (including phenoxy) is 2. The van der Waals surface area contributed by atoms with Gasteiger partial charge >= 0.3 is 5.97 Å². The van der Waals surface area contributed by atoms with Gasteiger partial charge in [0.25, 0.3) is 0 Å². The number of benzene rings is 2. The minimum Gasteiger partial charge on any atom is -0.462 e. The molecule has 0 unspecified atom stereocenters. The number of hydrogen-bond donors (Lipinski definition) is 0. The molecule has 2 aliphatic rings. The van der Waals surface area contributed by atoms with Crippen molar-refractivity contribution in [2.45, 2.75) is 19.8 Å².